The molecule has 1 aromatic carbocycles. The maximum Gasteiger partial charge on any atom is 0.169 e. The first-order valence-electron chi connectivity index (χ1n) is 7.46. The first kappa shape index (κ1) is 15.4. The highest BCUT2D eigenvalue weighted by Crippen LogP contribution is 2.28. The average Bonchev–Trinajstić information content (AvgIpc) is 2.58. The number of ether oxygens (including phenoxy) is 1. The van der Waals surface area contributed by atoms with Crippen LogP contribution in [0.1, 0.15) is 28.5 Å². The van der Waals surface area contributed by atoms with Gasteiger partial charge in [0.15, 0.2) is 5.82 Å². The van der Waals surface area contributed by atoms with E-state index in [0.717, 1.165) is 16.8 Å². The lowest BCUT2D eigenvalue weighted by molar-refractivity contribution is 0.0394. The zero-order chi connectivity index (χ0) is 16.4. The summed E-state index contributed by atoms with van der Waals surface area (Å²) in [5.74, 6) is 0.319. The molecule has 0 aliphatic carbocycles. The molecule has 1 aromatic heterocycles. The maximum absolute atomic E-state index is 13.1. The summed E-state index contributed by atoms with van der Waals surface area (Å²) in [7, 11) is 0. The molecule has 118 valence electrons. The highest BCUT2D eigenvalue weighted by Gasteiger charge is 2.26. The lowest BCUT2D eigenvalue weighted by atomic mass is 10.1. The van der Waals surface area contributed by atoms with Crippen molar-refractivity contribution in [2.75, 3.05) is 24.6 Å². The van der Waals surface area contributed by atoms with E-state index in [2.05, 4.69) is 16.3 Å². The van der Waals surface area contributed by atoms with Crippen LogP contribution in [0.3, 0.4) is 0 Å². The molecule has 1 fully saturated rings. The van der Waals surface area contributed by atoms with E-state index < -0.39 is 0 Å². The van der Waals surface area contributed by atoms with Gasteiger partial charge in [0, 0.05) is 13.1 Å². The fourth-order valence-corrected chi connectivity index (χ4v) is 2.67. The van der Waals surface area contributed by atoms with Crippen LogP contribution in [0.25, 0.3) is 0 Å². The van der Waals surface area contributed by atoms with Crippen molar-refractivity contribution in [1.82, 2.24) is 10.2 Å². The molecule has 0 bridgehead atoms. The molecule has 1 saturated heterocycles. The number of hydrogen-bond acceptors (Lipinski definition) is 5. The largest absolute Gasteiger partial charge is 0.370 e. The summed E-state index contributed by atoms with van der Waals surface area (Å²) >= 11 is 0. The van der Waals surface area contributed by atoms with Gasteiger partial charge in [-0.25, -0.2) is 4.39 Å². The van der Waals surface area contributed by atoms with E-state index in [1.807, 2.05) is 18.7 Å². The number of morpholine rings is 1. The second-order valence-electron chi connectivity index (χ2n) is 5.58. The summed E-state index contributed by atoms with van der Waals surface area (Å²) in [5.41, 5.74) is 3.07. The smallest absolute Gasteiger partial charge is 0.169 e. The second-order valence-corrected chi connectivity index (χ2v) is 5.58. The summed E-state index contributed by atoms with van der Waals surface area (Å²) < 4.78 is 18.9. The molecule has 2 aromatic rings. The number of anilines is 1. The Hall–Kier alpha value is -2.52. The third-order valence-corrected chi connectivity index (χ3v) is 4.16. The minimum Gasteiger partial charge on any atom is -0.370 e. The summed E-state index contributed by atoms with van der Waals surface area (Å²) in [6.07, 6.45) is -0.181. The number of benzene rings is 1. The zero-order valence-electron chi connectivity index (χ0n) is 13.1. The normalized spacial score (nSPS) is 17.8. The van der Waals surface area contributed by atoms with Gasteiger partial charge in [-0.1, -0.05) is 12.1 Å². The lowest BCUT2D eigenvalue weighted by Gasteiger charge is -2.34. The minimum absolute atomic E-state index is 0.181. The Labute approximate surface area is 134 Å². The van der Waals surface area contributed by atoms with E-state index in [9.17, 15) is 9.65 Å². The zero-order valence-corrected chi connectivity index (χ0v) is 13.1. The quantitative estimate of drug-likeness (QED) is 0.853. The van der Waals surface area contributed by atoms with Crippen molar-refractivity contribution in [3.05, 3.63) is 52.5 Å². The summed E-state index contributed by atoms with van der Waals surface area (Å²) in [6, 6.07) is 8.53. The fraction of sp³-hybridized carbons (Fsp3) is 0.353. The minimum atomic E-state index is -0.270. The number of halogens is 1. The van der Waals surface area contributed by atoms with Crippen molar-refractivity contribution in [2.24, 2.45) is 0 Å². The van der Waals surface area contributed by atoms with E-state index in [-0.39, 0.29) is 11.9 Å². The molecule has 0 radical (unpaired) electrons. The van der Waals surface area contributed by atoms with Crippen molar-refractivity contribution >= 4 is 5.82 Å². The van der Waals surface area contributed by atoms with E-state index in [1.165, 1.54) is 12.1 Å². The molecule has 0 saturated carbocycles. The summed E-state index contributed by atoms with van der Waals surface area (Å²) in [6.45, 7) is 5.43. The van der Waals surface area contributed by atoms with Gasteiger partial charge in [0.2, 0.25) is 0 Å². The van der Waals surface area contributed by atoms with Crippen LogP contribution in [0.15, 0.2) is 24.3 Å². The predicted octanol–water partition coefficient (Wildman–Crippen LogP) is 2.68. The maximum atomic E-state index is 13.1. The standard InChI is InChI=1S/C17H17FN4O/c1-11-12(2)20-21-17(15(11)9-19)22-7-8-23-16(10-22)13-3-5-14(18)6-4-13/h3-6,16H,7-8,10H2,1-2H3/t16-/m0/s1. The van der Waals surface area contributed by atoms with Gasteiger partial charge in [-0.3, -0.25) is 0 Å². The molecule has 3 rings (SSSR count). The Balaban J connectivity index is 1.89. The monoisotopic (exact) mass is 312 g/mol. The lowest BCUT2D eigenvalue weighted by Crippen LogP contribution is -2.39. The van der Waals surface area contributed by atoms with Crippen LogP contribution in [0.5, 0.6) is 0 Å². The Kier molecular flexibility index (Phi) is 4.22. The van der Waals surface area contributed by atoms with Crippen LogP contribution >= 0.6 is 0 Å². The number of aromatic nitrogens is 2. The summed E-state index contributed by atoms with van der Waals surface area (Å²) in [5, 5.41) is 17.8. The molecule has 5 nitrogen and oxygen atoms in total. The number of nitriles is 1. The van der Waals surface area contributed by atoms with E-state index in [1.54, 1.807) is 12.1 Å². The van der Waals surface area contributed by atoms with Crippen molar-refractivity contribution in [3.63, 3.8) is 0 Å². The molecule has 0 amide bonds. The Bertz CT molecular complexity index is 754. The van der Waals surface area contributed by atoms with Crippen LogP contribution in [-0.2, 0) is 4.74 Å². The second kappa shape index (κ2) is 6.31. The van der Waals surface area contributed by atoms with Crippen LogP contribution in [-0.4, -0.2) is 29.9 Å². The highest BCUT2D eigenvalue weighted by atomic mass is 19.1. The molecule has 23 heavy (non-hydrogen) atoms. The average molecular weight is 312 g/mol. The Morgan fingerprint density at radius 3 is 2.70 bits per heavy atom. The number of aryl methyl sites for hydroxylation is 1. The number of nitrogens with zero attached hydrogens (tertiary/aromatic N) is 4. The van der Waals surface area contributed by atoms with E-state index in [0.29, 0.717) is 31.1 Å². The van der Waals surface area contributed by atoms with Crippen LogP contribution < -0.4 is 4.90 Å². The van der Waals surface area contributed by atoms with Crippen LogP contribution in [0.4, 0.5) is 10.2 Å². The third kappa shape index (κ3) is 3.01. The molecule has 0 spiro atoms. The highest BCUT2D eigenvalue weighted by molar-refractivity contribution is 5.57. The van der Waals surface area contributed by atoms with Gasteiger partial charge in [0.05, 0.1) is 12.3 Å². The Morgan fingerprint density at radius 2 is 2.00 bits per heavy atom. The molecule has 0 unspecified atom stereocenters. The van der Waals surface area contributed by atoms with Gasteiger partial charge in [0.1, 0.15) is 23.6 Å². The molecule has 6 heteroatoms. The molecule has 1 aliphatic heterocycles. The van der Waals surface area contributed by atoms with Crippen molar-refractivity contribution < 1.29 is 9.13 Å². The van der Waals surface area contributed by atoms with E-state index >= 15 is 0 Å². The van der Waals surface area contributed by atoms with Crippen molar-refractivity contribution in [3.8, 4) is 6.07 Å². The first-order valence-corrected chi connectivity index (χ1v) is 7.46. The molecule has 2 heterocycles. The van der Waals surface area contributed by atoms with Gasteiger partial charge in [-0.05, 0) is 37.1 Å². The molecular formula is C17H17FN4O. The molecular weight excluding hydrogens is 295 g/mol. The van der Waals surface area contributed by atoms with Crippen molar-refractivity contribution in [2.45, 2.75) is 20.0 Å². The Morgan fingerprint density at radius 1 is 1.26 bits per heavy atom. The number of hydrogen-bond donors (Lipinski definition) is 0. The van der Waals surface area contributed by atoms with Gasteiger partial charge in [0.25, 0.3) is 0 Å². The molecule has 1 atom stereocenters. The molecule has 1 aliphatic rings. The SMILES string of the molecule is Cc1nnc(N2CCO[C@H](c3ccc(F)cc3)C2)c(C#N)c1C. The van der Waals surface area contributed by atoms with Gasteiger partial charge < -0.3 is 9.64 Å². The molecule has 0 N–H and O–H groups in total. The van der Waals surface area contributed by atoms with E-state index in [4.69, 9.17) is 4.74 Å². The predicted molar refractivity (Wildman–Crippen MR) is 83.5 cm³/mol. The third-order valence-electron chi connectivity index (χ3n) is 4.16. The fourth-order valence-electron chi connectivity index (χ4n) is 2.67. The van der Waals surface area contributed by atoms with Gasteiger partial charge in [-0.15, -0.1) is 5.10 Å². The topological polar surface area (TPSA) is 62.0 Å². The summed E-state index contributed by atoms with van der Waals surface area (Å²) in [4.78, 5) is 2.01. The van der Waals surface area contributed by atoms with Crippen molar-refractivity contribution in [1.29, 1.82) is 5.26 Å². The van der Waals surface area contributed by atoms with Crippen LogP contribution in [0.2, 0.25) is 0 Å². The van der Waals surface area contributed by atoms with Gasteiger partial charge >= 0.3 is 0 Å². The number of rotatable bonds is 2. The van der Waals surface area contributed by atoms with Gasteiger partial charge in [-0.2, -0.15) is 10.4 Å². The van der Waals surface area contributed by atoms with Crippen LogP contribution in [0, 0.1) is 31.0 Å². The first-order chi connectivity index (χ1) is 11.1.